The molecule has 0 aromatic heterocycles. The average Bonchev–Trinajstić information content (AvgIpc) is 1.92. The Bertz CT molecular complexity index is 400. The molecule has 1 aromatic carbocycles. The molecule has 0 saturated heterocycles. The zero-order valence-electron chi connectivity index (χ0n) is 7.93. The van der Waals surface area contributed by atoms with Gasteiger partial charge in [-0.25, -0.2) is 0 Å². The van der Waals surface area contributed by atoms with Gasteiger partial charge in [-0.1, -0.05) is 0 Å². The smallest absolute Gasteiger partial charge is 0.870 e. The Morgan fingerprint density at radius 1 is 1.21 bits per heavy atom. The van der Waals surface area contributed by atoms with Gasteiger partial charge in [0, 0.05) is 0 Å². The van der Waals surface area contributed by atoms with Crippen LogP contribution in [-0.4, -0.2) is 33.5 Å². The van der Waals surface area contributed by atoms with Gasteiger partial charge in [-0.15, -0.1) is 0 Å². The standard InChI is InChI=1S/C8H9BO2S.2H2O/c1-6-3-4-7(9)5-8(6)12(2,10)11;;/h3-5H,1-2H3;2*1H2/q+2;;/p-2. The maximum atomic E-state index is 11.2. The van der Waals surface area contributed by atoms with Crippen LogP contribution in [0.2, 0.25) is 0 Å². The molecule has 0 atom stereocenters. The first kappa shape index (κ1) is 15.6. The molecule has 0 aliphatic heterocycles. The molecule has 0 aliphatic rings. The summed E-state index contributed by atoms with van der Waals surface area (Å²) in [5.41, 5.74) is 1.20. The molecule has 0 aliphatic carbocycles. The van der Waals surface area contributed by atoms with E-state index in [4.69, 9.17) is 7.85 Å². The Morgan fingerprint density at radius 3 is 2.07 bits per heavy atom. The summed E-state index contributed by atoms with van der Waals surface area (Å²) >= 11 is 0. The van der Waals surface area contributed by atoms with Gasteiger partial charge in [0.05, 0.1) is 0 Å². The first-order valence-electron chi connectivity index (χ1n) is 3.47. The molecule has 4 nitrogen and oxygen atoms in total. The summed E-state index contributed by atoms with van der Waals surface area (Å²) < 4.78 is 22.3. The van der Waals surface area contributed by atoms with Gasteiger partial charge < -0.3 is 11.0 Å². The van der Waals surface area contributed by atoms with Crippen LogP contribution in [0.15, 0.2) is 23.1 Å². The van der Waals surface area contributed by atoms with Crippen molar-refractivity contribution in [2.24, 2.45) is 0 Å². The first-order valence-corrected chi connectivity index (χ1v) is 5.36. The van der Waals surface area contributed by atoms with Gasteiger partial charge in [0.15, 0.2) is 0 Å². The van der Waals surface area contributed by atoms with E-state index < -0.39 is 9.84 Å². The Labute approximate surface area is 84.9 Å². The van der Waals surface area contributed by atoms with E-state index in [1.807, 2.05) is 0 Å². The molecule has 6 heteroatoms. The van der Waals surface area contributed by atoms with Gasteiger partial charge in [0.25, 0.3) is 0 Å². The van der Waals surface area contributed by atoms with E-state index in [9.17, 15) is 8.42 Å². The van der Waals surface area contributed by atoms with Crippen molar-refractivity contribution in [2.45, 2.75) is 11.8 Å². The van der Waals surface area contributed by atoms with E-state index in [0.29, 0.717) is 10.4 Å². The van der Waals surface area contributed by atoms with Gasteiger partial charge in [0.2, 0.25) is 0 Å². The molecule has 2 N–H and O–H groups in total. The van der Waals surface area contributed by atoms with Crippen LogP contribution < -0.4 is 5.46 Å². The van der Waals surface area contributed by atoms with Crippen LogP contribution in [0, 0.1) is 6.92 Å². The summed E-state index contributed by atoms with van der Waals surface area (Å²) in [4.78, 5) is 0.308. The van der Waals surface area contributed by atoms with Crippen molar-refractivity contribution >= 4 is 23.1 Å². The van der Waals surface area contributed by atoms with E-state index in [1.165, 1.54) is 12.3 Å². The molecule has 1 rings (SSSR count). The van der Waals surface area contributed by atoms with Crippen LogP contribution in [0.5, 0.6) is 0 Å². The summed E-state index contributed by atoms with van der Waals surface area (Å²) in [5, 5.41) is 0. The van der Waals surface area contributed by atoms with Crippen molar-refractivity contribution in [3.8, 4) is 0 Å². The minimum atomic E-state index is -3.14. The van der Waals surface area contributed by atoms with E-state index >= 15 is 0 Å². The van der Waals surface area contributed by atoms with Crippen molar-refractivity contribution in [3.05, 3.63) is 23.8 Å². The molecule has 0 saturated carbocycles. The second-order valence-electron chi connectivity index (χ2n) is 2.80. The Balaban J connectivity index is 0. The van der Waals surface area contributed by atoms with Gasteiger partial charge in [-0.05, 0) is 0 Å². The summed E-state index contributed by atoms with van der Waals surface area (Å²) in [6.45, 7) is 1.75. The van der Waals surface area contributed by atoms with Crippen molar-refractivity contribution in [1.82, 2.24) is 0 Å². The maximum absolute atomic E-state index is 11.2. The minimum Gasteiger partial charge on any atom is -0.870 e. The quantitative estimate of drug-likeness (QED) is 0.606. The van der Waals surface area contributed by atoms with Crippen LogP contribution in [-0.2, 0) is 9.84 Å². The number of hydrogen-bond donors (Lipinski definition) is 0. The molecule has 0 fully saturated rings. The number of aryl methyl sites for hydroxylation is 1. The Morgan fingerprint density at radius 2 is 1.71 bits per heavy atom. The molecule has 0 amide bonds. The molecule has 0 spiro atoms. The zero-order chi connectivity index (χ0) is 9.35. The molecule has 0 heterocycles. The fraction of sp³-hybridized carbons (Fsp3) is 0.250. The van der Waals surface area contributed by atoms with E-state index in [2.05, 4.69) is 0 Å². The number of rotatable bonds is 1. The molecule has 0 bridgehead atoms. The number of hydrogen-bond acceptors (Lipinski definition) is 4. The summed E-state index contributed by atoms with van der Waals surface area (Å²) in [6, 6.07) is 4.86. The summed E-state index contributed by atoms with van der Waals surface area (Å²) in [6.07, 6.45) is 1.18. The SMILES string of the molecule is [B+2]c1ccc(C)c(S(C)(=O)=O)c1.[OH-].[OH-]. The van der Waals surface area contributed by atoms with Crippen molar-refractivity contribution in [2.75, 3.05) is 6.26 Å². The summed E-state index contributed by atoms with van der Waals surface area (Å²) in [5.74, 6) is 0. The Hall–Kier alpha value is -0.845. The molecular formula is C8H11BO4S. The van der Waals surface area contributed by atoms with Crippen molar-refractivity contribution in [3.63, 3.8) is 0 Å². The molecule has 1 aromatic rings. The maximum Gasteiger partial charge on any atom is -0.870 e. The molecular weight excluding hydrogens is 203 g/mol. The van der Waals surface area contributed by atoms with E-state index in [-0.39, 0.29) is 11.0 Å². The fourth-order valence-corrected chi connectivity index (χ4v) is 2.02. The first-order chi connectivity index (χ1) is 5.41. The second kappa shape index (κ2) is 5.14. The predicted molar refractivity (Wildman–Crippen MR) is 53.5 cm³/mol. The van der Waals surface area contributed by atoms with Crippen molar-refractivity contribution < 1.29 is 19.4 Å². The topological polar surface area (TPSA) is 94.1 Å². The Kier molecular flexibility index (Phi) is 5.73. The fourth-order valence-electron chi connectivity index (χ4n) is 1.02. The van der Waals surface area contributed by atoms with Crippen LogP contribution in [0.25, 0.3) is 0 Å². The number of benzene rings is 1. The second-order valence-corrected chi connectivity index (χ2v) is 4.78. The zero-order valence-corrected chi connectivity index (χ0v) is 8.75. The molecule has 0 unspecified atom stereocenters. The predicted octanol–water partition coefficient (Wildman–Crippen LogP) is -0.161. The third-order valence-corrected chi connectivity index (χ3v) is 2.85. The average molecular weight is 214 g/mol. The van der Waals surface area contributed by atoms with Gasteiger partial charge in [0.1, 0.15) is 0 Å². The van der Waals surface area contributed by atoms with Crippen LogP contribution in [0.1, 0.15) is 5.56 Å². The van der Waals surface area contributed by atoms with E-state index in [0.717, 1.165) is 5.56 Å². The molecule has 14 heavy (non-hydrogen) atoms. The van der Waals surface area contributed by atoms with Crippen LogP contribution in [0.4, 0.5) is 0 Å². The van der Waals surface area contributed by atoms with Gasteiger partial charge >= 0.3 is 73.4 Å². The van der Waals surface area contributed by atoms with Gasteiger partial charge in [-0.3, -0.25) is 0 Å². The monoisotopic (exact) mass is 214 g/mol. The minimum absolute atomic E-state index is 0. The van der Waals surface area contributed by atoms with Crippen molar-refractivity contribution in [1.29, 1.82) is 0 Å². The third kappa shape index (κ3) is 3.49. The molecule has 0 radical (unpaired) electrons. The molecule has 76 valence electrons. The third-order valence-electron chi connectivity index (χ3n) is 1.61. The summed E-state index contributed by atoms with van der Waals surface area (Å²) in [7, 11) is 2.32. The largest absolute Gasteiger partial charge is 0.870 e. The normalized spacial score (nSPS) is 10.0. The van der Waals surface area contributed by atoms with Crippen LogP contribution in [0.3, 0.4) is 0 Å². The van der Waals surface area contributed by atoms with E-state index in [1.54, 1.807) is 19.1 Å². The van der Waals surface area contributed by atoms with Gasteiger partial charge in [-0.2, -0.15) is 0 Å². The van der Waals surface area contributed by atoms with Crippen LogP contribution >= 0.6 is 0 Å². The number of sulfone groups is 1.